The molecule has 0 aromatic heterocycles. The van der Waals surface area contributed by atoms with Gasteiger partial charge >= 0.3 is 0 Å². The molecule has 36 heavy (non-hydrogen) atoms. The Morgan fingerprint density at radius 1 is 0.889 bits per heavy atom. The molecule has 3 rings (SSSR count). The van der Waals surface area contributed by atoms with E-state index in [0.29, 0.717) is 16.5 Å². The summed E-state index contributed by atoms with van der Waals surface area (Å²) in [7, 11) is -4.95. The van der Waals surface area contributed by atoms with Gasteiger partial charge in [0.2, 0.25) is 15.9 Å². The van der Waals surface area contributed by atoms with E-state index in [1.807, 2.05) is 0 Å². The second-order valence-electron chi connectivity index (χ2n) is 7.49. The van der Waals surface area contributed by atoms with E-state index >= 15 is 0 Å². The summed E-state index contributed by atoms with van der Waals surface area (Å²) in [6, 6.07) is 16.1. The number of sulfonamides is 2. The summed E-state index contributed by atoms with van der Waals surface area (Å²) in [6.07, 6.45) is 0.965. The highest BCUT2D eigenvalue weighted by Gasteiger charge is 2.25. The number of nitrogens with one attached hydrogen (secondary N) is 2. The molecule has 0 unspecified atom stereocenters. The molecule has 3 aromatic carbocycles. The van der Waals surface area contributed by atoms with Gasteiger partial charge in [0.15, 0.2) is 0 Å². The number of anilines is 3. The van der Waals surface area contributed by atoms with Crippen LogP contribution in [0.25, 0.3) is 0 Å². The average Bonchev–Trinajstić information content (AvgIpc) is 2.83. The third kappa shape index (κ3) is 6.80. The summed E-state index contributed by atoms with van der Waals surface area (Å²) >= 11 is 5.82. The molecule has 0 bridgehead atoms. The van der Waals surface area contributed by atoms with Crippen molar-refractivity contribution in [2.75, 3.05) is 41.4 Å². The number of hydrogen-bond acceptors (Lipinski definition) is 7. The van der Waals surface area contributed by atoms with Gasteiger partial charge in [-0.25, -0.2) is 16.8 Å². The van der Waals surface area contributed by atoms with E-state index in [1.165, 1.54) is 62.8 Å². The normalized spacial score (nSPS) is 11.4. The molecule has 192 valence electrons. The molecule has 0 radical (unpaired) electrons. The Morgan fingerprint density at radius 2 is 1.50 bits per heavy atom. The minimum Gasteiger partial charge on any atom is -0.497 e. The molecular formula is C23H24ClN3O7S2. The second-order valence-corrected chi connectivity index (χ2v) is 11.5. The minimum absolute atomic E-state index is 0.0330. The topological polar surface area (TPSA) is 131 Å². The molecule has 0 saturated heterocycles. The van der Waals surface area contributed by atoms with Crippen LogP contribution < -0.4 is 23.8 Å². The second kappa shape index (κ2) is 11.1. The summed E-state index contributed by atoms with van der Waals surface area (Å²) in [4.78, 5) is 12.7. The molecule has 0 spiro atoms. The molecule has 0 heterocycles. The predicted octanol–water partition coefficient (Wildman–Crippen LogP) is 3.56. The monoisotopic (exact) mass is 553 g/mol. The summed E-state index contributed by atoms with van der Waals surface area (Å²) in [5.74, 6) is -0.0409. The quantitative estimate of drug-likeness (QED) is 0.392. The fourth-order valence-corrected chi connectivity index (χ4v) is 5.19. The van der Waals surface area contributed by atoms with Crippen LogP contribution in [0.2, 0.25) is 5.02 Å². The number of carbonyl (C=O) groups excluding carboxylic acids is 1. The largest absolute Gasteiger partial charge is 0.497 e. The van der Waals surface area contributed by atoms with E-state index in [4.69, 9.17) is 21.1 Å². The van der Waals surface area contributed by atoms with Gasteiger partial charge in [-0.15, -0.1) is 0 Å². The zero-order valence-electron chi connectivity index (χ0n) is 19.6. The van der Waals surface area contributed by atoms with Gasteiger partial charge in [0.1, 0.15) is 18.0 Å². The van der Waals surface area contributed by atoms with Gasteiger partial charge in [-0.05, 0) is 60.7 Å². The lowest BCUT2D eigenvalue weighted by Crippen LogP contribution is -2.37. The first-order valence-corrected chi connectivity index (χ1v) is 14.0. The van der Waals surface area contributed by atoms with Crippen molar-refractivity contribution >= 4 is 54.6 Å². The summed E-state index contributed by atoms with van der Waals surface area (Å²) < 4.78 is 63.9. The Bertz CT molecular complexity index is 1440. The zero-order chi connectivity index (χ0) is 26.5. The highest BCUT2D eigenvalue weighted by Crippen LogP contribution is 2.33. The molecule has 1 amide bonds. The fraction of sp³-hybridized carbons (Fsp3) is 0.174. The first-order valence-electron chi connectivity index (χ1n) is 10.3. The smallest absolute Gasteiger partial charge is 0.261 e. The van der Waals surface area contributed by atoms with Crippen molar-refractivity contribution in [3.8, 4) is 11.5 Å². The van der Waals surface area contributed by atoms with Gasteiger partial charge < -0.3 is 14.8 Å². The number of ether oxygens (including phenoxy) is 2. The Balaban J connectivity index is 1.76. The molecule has 13 heteroatoms. The van der Waals surface area contributed by atoms with Crippen molar-refractivity contribution in [3.63, 3.8) is 0 Å². The van der Waals surface area contributed by atoms with Crippen LogP contribution in [0, 0.1) is 0 Å². The van der Waals surface area contributed by atoms with Gasteiger partial charge in [-0.1, -0.05) is 11.6 Å². The van der Waals surface area contributed by atoms with Crippen LogP contribution in [-0.2, 0) is 24.8 Å². The van der Waals surface area contributed by atoms with E-state index in [1.54, 1.807) is 18.2 Å². The van der Waals surface area contributed by atoms with Gasteiger partial charge in [-0.2, -0.15) is 0 Å². The molecule has 3 aromatic rings. The maximum absolute atomic E-state index is 12.7. The first kappa shape index (κ1) is 27.1. The van der Waals surface area contributed by atoms with Gasteiger partial charge in [0.05, 0.1) is 31.1 Å². The van der Waals surface area contributed by atoms with Crippen molar-refractivity contribution in [3.05, 3.63) is 71.8 Å². The van der Waals surface area contributed by atoms with E-state index < -0.39 is 32.5 Å². The lowest BCUT2D eigenvalue weighted by atomic mass is 10.2. The third-order valence-electron chi connectivity index (χ3n) is 4.89. The lowest BCUT2D eigenvalue weighted by Gasteiger charge is -2.24. The lowest BCUT2D eigenvalue weighted by molar-refractivity contribution is -0.114. The summed E-state index contributed by atoms with van der Waals surface area (Å²) in [5.41, 5.74) is 0.742. The van der Waals surface area contributed by atoms with E-state index in [-0.39, 0.29) is 22.0 Å². The molecular weight excluding hydrogens is 530 g/mol. The fourth-order valence-electron chi connectivity index (χ4n) is 3.15. The predicted molar refractivity (Wildman–Crippen MR) is 139 cm³/mol. The van der Waals surface area contributed by atoms with Crippen LogP contribution in [-0.4, -0.2) is 49.8 Å². The van der Waals surface area contributed by atoms with Crippen LogP contribution in [0.4, 0.5) is 17.1 Å². The van der Waals surface area contributed by atoms with Crippen molar-refractivity contribution < 1.29 is 31.1 Å². The number of halogens is 1. The summed E-state index contributed by atoms with van der Waals surface area (Å²) in [5, 5.41) is 3.04. The molecule has 0 aliphatic rings. The first-order chi connectivity index (χ1) is 16.9. The number of hydrogen-bond donors (Lipinski definition) is 2. The Labute approximate surface area is 214 Å². The zero-order valence-corrected chi connectivity index (χ0v) is 21.9. The molecule has 0 saturated carbocycles. The van der Waals surface area contributed by atoms with Crippen LogP contribution in [0.1, 0.15) is 0 Å². The molecule has 0 fully saturated rings. The van der Waals surface area contributed by atoms with Crippen molar-refractivity contribution in [2.24, 2.45) is 0 Å². The number of nitrogens with zero attached hydrogens (tertiary/aromatic N) is 1. The van der Waals surface area contributed by atoms with E-state index in [0.717, 1.165) is 10.6 Å². The molecule has 10 nitrogen and oxygen atoms in total. The van der Waals surface area contributed by atoms with Crippen LogP contribution in [0.15, 0.2) is 71.6 Å². The van der Waals surface area contributed by atoms with Gasteiger partial charge in [0, 0.05) is 22.5 Å². The maximum atomic E-state index is 12.7. The number of rotatable bonds is 10. The molecule has 2 N–H and O–H groups in total. The van der Waals surface area contributed by atoms with Gasteiger partial charge in [0.25, 0.3) is 10.0 Å². The SMILES string of the molecule is COc1ccc(OC)c(N(CC(=O)Nc2ccc(S(=O)(=O)Nc3ccc(Cl)cc3)cc2)S(C)(=O)=O)c1. The van der Waals surface area contributed by atoms with Crippen LogP contribution in [0.3, 0.4) is 0 Å². The number of methoxy groups -OCH3 is 2. The Hall–Kier alpha value is -3.48. The highest BCUT2D eigenvalue weighted by atomic mass is 35.5. The highest BCUT2D eigenvalue weighted by molar-refractivity contribution is 7.92. The third-order valence-corrected chi connectivity index (χ3v) is 7.66. The van der Waals surface area contributed by atoms with Crippen molar-refractivity contribution in [1.29, 1.82) is 0 Å². The number of carbonyl (C=O) groups is 1. The number of amides is 1. The van der Waals surface area contributed by atoms with E-state index in [2.05, 4.69) is 10.0 Å². The van der Waals surface area contributed by atoms with Crippen LogP contribution >= 0.6 is 11.6 Å². The Kier molecular flexibility index (Phi) is 8.33. The summed E-state index contributed by atoms with van der Waals surface area (Å²) in [6.45, 7) is -0.555. The molecule has 0 aliphatic heterocycles. The van der Waals surface area contributed by atoms with Crippen molar-refractivity contribution in [2.45, 2.75) is 4.90 Å². The Morgan fingerprint density at radius 3 is 2.06 bits per heavy atom. The standard InChI is InChI=1S/C23H24ClN3O7S2/c1-33-19-10-13-22(34-2)21(14-19)27(35(3,29)30)15-23(28)25-17-8-11-20(12-9-17)36(31,32)26-18-6-4-16(24)5-7-18/h4-14,26H,15H2,1-3H3,(H,25,28). The molecule has 0 atom stereocenters. The minimum atomic E-state index is -3.88. The van der Waals surface area contributed by atoms with Crippen LogP contribution in [0.5, 0.6) is 11.5 Å². The maximum Gasteiger partial charge on any atom is 0.261 e. The van der Waals surface area contributed by atoms with Crippen molar-refractivity contribution in [1.82, 2.24) is 0 Å². The average molecular weight is 554 g/mol. The van der Waals surface area contributed by atoms with E-state index in [9.17, 15) is 21.6 Å². The molecule has 0 aliphatic carbocycles. The van der Waals surface area contributed by atoms with Gasteiger partial charge in [-0.3, -0.25) is 13.8 Å². The number of benzene rings is 3.